The van der Waals surface area contributed by atoms with E-state index in [1.807, 2.05) is 6.07 Å². The number of hydrogen-bond acceptors (Lipinski definition) is 4. The van der Waals surface area contributed by atoms with Gasteiger partial charge in [-0.15, -0.1) is 0 Å². The standard InChI is InChI=1S/C11H15BrN4/c1-11(2,3)4-5-14-10-8(12)7-15-9(6-13)16-10/h7H,4-5H2,1-3H3,(H,14,15,16). The maximum Gasteiger partial charge on any atom is 0.234 e. The van der Waals surface area contributed by atoms with Crippen molar-refractivity contribution in [1.82, 2.24) is 9.97 Å². The minimum atomic E-state index is 0.182. The summed E-state index contributed by atoms with van der Waals surface area (Å²) < 4.78 is 0.778. The SMILES string of the molecule is CC(C)(C)CCNc1nc(C#N)ncc1Br. The Morgan fingerprint density at radius 2 is 2.19 bits per heavy atom. The van der Waals surface area contributed by atoms with Crippen LogP contribution in [0.25, 0.3) is 0 Å². The molecule has 16 heavy (non-hydrogen) atoms. The largest absolute Gasteiger partial charge is 0.369 e. The second-order valence-electron chi connectivity index (χ2n) is 4.74. The Morgan fingerprint density at radius 1 is 1.50 bits per heavy atom. The fourth-order valence-electron chi connectivity index (χ4n) is 1.10. The summed E-state index contributed by atoms with van der Waals surface area (Å²) in [5, 5.41) is 11.9. The lowest BCUT2D eigenvalue weighted by Gasteiger charge is -2.18. The van der Waals surface area contributed by atoms with Crippen molar-refractivity contribution in [3.8, 4) is 6.07 Å². The molecule has 0 atom stereocenters. The highest BCUT2D eigenvalue weighted by Crippen LogP contribution is 2.21. The molecule has 1 rings (SSSR count). The molecule has 0 saturated heterocycles. The van der Waals surface area contributed by atoms with Gasteiger partial charge in [-0.25, -0.2) is 9.97 Å². The third kappa shape index (κ3) is 4.15. The number of aromatic nitrogens is 2. The van der Waals surface area contributed by atoms with E-state index < -0.39 is 0 Å². The second-order valence-corrected chi connectivity index (χ2v) is 5.59. The first-order valence-corrected chi connectivity index (χ1v) is 5.88. The fraction of sp³-hybridized carbons (Fsp3) is 0.545. The van der Waals surface area contributed by atoms with Crippen LogP contribution in [0.2, 0.25) is 0 Å². The van der Waals surface area contributed by atoms with Crippen molar-refractivity contribution in [2.75, 3.05) is 11.9 Å². The monoisotopic (exact) mass is 282 g/mol. The van der Waals surface area contributed by atoms with Gasteiger partial charge in [0.2, 0.25) is 5.82 Å². The average Bonchev–Trinajstić information content (AvgIpc) is 2.19. The van der Waals surface area contributed by atoms with Crippen molar-refractivity contribution in [2.45, 2.75) is 27.2 Å². The summed E-state index contributed by atoms with van der Waals surface area (Å²) in [6.45, 7) is 7.38. The highest BCUT2D eigenvalue weighted by molar-refractivity contribution is 9.10. The molecule has 0 saturated carbocycles. The lowest BCUT2D eigenvalue weighted by atomic mass is 9.92. The van der Waals surface area contributed by atoms with Crippen LogP contribution in [0.1, 0.15) is 33.0 Å². The summed E-state index contributed by atoms with van der Waals surface area (Å²) in [6, 6.07) is 1.92. The van der Waals surface area contributed by atoms with Crippen LogP contribution in [0.3, 0.4) is 0 Å². The number of nitriles is 1. The number of halogens is 1. The van der Waals surface area contributed by atoms with Crippen LogP contribution in [0.4, 0.5) is 5.82 Å². The summed E-state index contributed by atoms with van der Waals surface area (Å²) in [6.07, 6.45) is 2.62. The minimum Gasteiger partial charge on any atom is -0.369 e. The summed E-state index contributed by atoms with van der Waals surface area (Å²) >= 11 is 3.34. The van der Waals surface area contributed by atoms with E-state index in [0.717, 1.165) is 17.4 Å². The maximum absolute atomic E-state index is 8.69. The molecule has 4 nitrogen and oxygen atoms in total. The fourth-order valence-corrected chi connectivity index (χ4v) is 1.43. The molecule has 1 N–H and O–H groups in total. The van der Waals surface area contributed by atoms with E-state index in [1.165, 1.54) is 0 Å². The zero-order chi connectivity index (χ0) is 12.2. The van der Waals surface area contributed by atoms with E-state index in [-0.39, 0.29) is 11.2 Å². The highest BCUT2D eigenvalue weighted by atomic mass is 79.9. The summed E-state index contributed by atoms with van der Waals surface area (Å²) in [7, 11) is 0. The first-order valence-electron chi connectivity index (χ1n) is 5.09. The van der Waals surface area contributed by atoms with Crippen molar-refractivity contribution in [1.29, 1.82) is 5.26 Å². The van der Waals surface area contributed by atoms with Gasteiger partial charge in [-0.05, 0) is 27.8 Å². The molecular formula is C11H15BrN4. The maximum atomic E-state index is 8.69. The first-order chi connectivity index (χ1) is 7.42. The summed E-state index contributed by atoms with van der Waals surface area (Å²) in [5.74, 6) is 0.859. The van der Waals surface area contributed by atoms with E-state index in [4.69, 9.17) is 5.26 Å². The number of rotatable bonds is 3. The molecule has 0 aliphatic heterocycles. The zero-order valence-electron chi connectivity index (χ0n) is 9.71. The van der Waals surface area contributed by atoms with E-state index >= 15 is 0 Å². The lowest BCUT2D eigenvalue weighted by Crippen LogP contribution is -2.14. The van der Waals surface area contributed by atoms with Crippen molar-refractivity contribution in [3.05, 3.63) is 16.5 Å². The summed E-state index contributed by atoms with van der Waals surface area (Å²) in [4.78, 5) is 7.94. The van der Waals surface area contributed by atoms with E-state index in [0.29, 0.717) is 5.82 Å². The normalized spacial score (nSPS) is 10.9. The van der Waals surface area contributed by atoms with Crippen molar-refractivity contribution in [2.24, 2.45) is 5.41 Å². The number of nitrogens with zero attached hydrogens (tertiary/aromatic N) is 3. The van der Waals surface area contributed by atoms with Crippen LogP contribution < -0.4 is 5.32 Å². The minimum absolute atomic E-state index is 0.182. The van der Waals surface area contributed by atoms with Gasteiger partial charge in [0.25, 0.3) is 0 Å². The van der Waals surface area contributed by atoms with Crippen LogP contribution in [-0.4, -0.2) is 16.5 Å². The molecule has 0 radical (unpaired) electrons. The molecular weight excluding hydrogens is 268 g/mol. The topological polar surface area (TPSA) is 61.6 Å². The lowest BCUT2D eigenvalue weighted by molar-refractivity contribution is 0.389. The van der Waals surface area contributed by atoms with Gasteiger partial charge >= 0.3 is 0 Å². The predicted molar refractivity (Wildman–Crippen MR) is 67.0 cm³/mol. The molecule has 0 amide bonds. The van der Waals surface area contributed by atoms with Crippen molar-refractivity contribution >= 4 is 21.7 Å². The van der Waals surface area contributed by atoms with Crippen molar-refractivity contribution in [3.63, 3.8) is 0 Å². The van der Waals surface area contributed by atoms with Crippen LogP contribution in [-0.2, 0) is 0 Å². The summed E-state index contributed by atoms with van der Waals surface area (Å²) in [5.41, 5.74) is 0.282. The Bertz CT molecular complexity index is 403. The third-order valence-corrected chi connectivity index (χ3v) is 2.59. The average molecular weight is 283 g/mol. The molecule has 0 bridgehead atoms. The van der Waals surface area contributed by atoms with E-state index in [1.54, 1.807) is 6.20 Å². The van der Waals surface area contributed by atoms with Crippen LogP contribution in [0, 0.1) is 16.7 Å². The van der Waals surface area contributed by atoms with Crippen molar-refractivity contribution < 1.29 is 0 Å². The molecule has 0 aromatic carbocycles. The quantitative estimate of drug-likeness (QED) is 0.926. The number of nitrogens with one attached hydrogen (secondary N) is 1. The second kappa shape index (κ2) is 5.26. The Hall–Kier alpha value is -1.15. The Morgan fingerprint density at radius 3 is 2.75 bits per heavy atom. The van der Waals surface area contributed by atoms with Gasteiger partial charge in [-0.2, -0.15) is 5.26 Å². The van der Waals surface area contributed by atoms with Gasteiger partial charge in [-0.3, -0.25) is 0 Å². The third-order valence-electron chi connectivity index (χ3n) is 2.01. The number of anilines is 1. The molecule has 0 aliphatic carbocycles. The molecule has 86 valence electrons. The molecule has 1 heterocycles. The first kappa shape index (κ1) is 12.9. The van der Waals surface area contributed by atoms with Crippen LogP contribution in [0.15, 0.2) is 10.7 Å². The Kier molecular flexibility index (Phi) is 4.25. The van der Waals surface area contributed by atoms with Gasteiger partial charge in [0.05, 0.1) is 4.47 Å². The molecule has 0 fully saturated rings. The van der Waals surface area contributed by atoms with E-state index in [2.05, 4.69) is 52.0 Å². The molecule has 5 heteroatoms. The van der Waals surface area contributed by atoms with Gasteiger partial charge in [0.1, 0.15) is 11.9 Å². The zero-order valence-corrected chi connectivity index (χ0v) is 11.3. The molecule has 1 aromatic heterocycles. The molecule has 0 spiro atoms. The van der Waals surface area contributed by atoms with E-state index in [9.17, 15) is 0 Å². The van der Waals surface area contributed by atoms with Gasteiger partial charge in [0, 0.05) is 12.7 Å². The smallest absolute Gasteiger partial charge is 0.234 e. The van der Waals surface area contributed by atoms with Crippen LogP contribution in [0.5, 0.6) is 0 Å². The predicted octanol–water partition coefficient (Wildman–Crippen LogP) is 2.96. The number of hydrogen-bond donors (Lipinski definition) is 1. The van der Waals surface area contributed by atoms with Crippen LogP contribution >= 0.6 is 15.9 Å². The Labute approximate surface area is 104 Å². The molecule has 0 aliphatic rings. The van der Waals surface area contributed by atoms with Gasteiger partial charge in [0.15, 0.2) is 0 Å². The van der Waals surface area contributed by atoms with Gasteiger partial charge in [-0.1, -0.05) is 20.8 Å². The molecule has 1 aromatic rings. The Balaban J connectivity index is 2.64. The highest BCUT2D eigenvalue weighted by Gasteiger charge is 2.10. The van der Waals surface area contributed by atoms with Gasteiger partial charge < -0.3 is 5.32 Å². The molecule has 0 unspecified atom stereocenters.